The van der Waals surface area contributed by atoms with Crippen molar-refractivity contribution in [3.63, 3.8) is 0 Å². The van der Waals surface area contributed by atoms with Crippen LogP contribution in [0.3, 0.4) is 0 Å². The highest BCUT2D eigenvalue weighted by molar-refractivity contribution is 7.98. The van der Waals surface area contributed by atoms with Gasteiger partial charge in [-0.15, -0.1) is 0 Å². The number of nitrogens with one attached hydrogen (secondary N) is 2. The Morgan fingerprint density at radius 1 is 1.07 bits per heavy atom. The van der Waals surface area contributed by atoms with Crippen LogP contribution in [0.1, 0.15) is 5.56 Å². The zero-order chi connectivity index (χ0) is 18.6. The molecule has 0 radical (unpaired) electrons. The van der Waals surface area contributed by atoms with E-state index in [1.54, 1.807) is 24.2 Å². The summed E-state index contributed by atoms with van der Waals surface area (Å²) in [7, 11) is 1.94. The van der Waals surface area contributed by atoms with Crippen molar-refractivity contribution in [2.24, 2.45) is 0 Å². The molecule has 0 aliphatic rings. The summed E-state index contributed by atoms with van der Waals surface area (Å²) >= 11 is 1.62. The van der Waals surface area contributed by atoms with E-state index in [2.05, 4.69) is 37.9 Å². The molecule has 0 spiro atoms. The van der Waals surface area contributed by atoms with Gasteiger partial charge in [-0.2, -0.15) is 0 Å². The fourth-order valence-corrected chi connectivity index (χ4v) is 3.90. The predicted molar refractivity (Wildman–Crippen MR) is 110 cm³/mol. The van der Waals surface area contributed by atoms with Gasteiger partial charge in [0.1, 0.15) is 5.82 Å². The molecule has 136 valence electrons. The lowest BCUT2D eigenvalue weighted by molar-refractivity contribution is 0.628. The van der Waals surface area contributed by atoms with Gasteiger partial charge in [-0.25, -0.2) is 4.39 Å². The smallest absolute Gasteiger partial charge is 0.125 e. The second kappa shape index (κ2) is 7.82. The summed E-state index contributed by atoms with van der Waals surface area (Å²) in [6, 6.07) is 16.6. The number of hydrogen-bond donors (Lipinski definition) is 2. The maximum Gasteiger partial charge on any atom is 0.125 e. The third kappa shape index (κ3) is 3.97. The molecule has 0 bridgehead atoms. The molecule has 0 unspecified atom stereocenters. The van der Waals surface area contributed by atoms with E-state index in [1.165, 1.54) is 23.1 Å². The lowest BCUT2D eigenvalue weighted by Gasteiger charge is -2.09. The zero-order valence-corrected chi connectivity index (χ0v) is 15.6. The number of benzene rings is 2. The van der Waals surface area contributed by atoms with Crippen LogP contribution in [0.4, 0.5) is 15.8 Å². The molecule has 2 N–H and O–H groups in total. The Morgan fingerprint density at radius 3 is 2.74 bits per heavy atom. The first-order valence-corrected chi connectivity index (χ1v) is 9.40. The standard InChI is InChI=1S/C21H19FN4S/c1-23-12-15-14-26(27-19-6-3-9-24-13-19)21-11-18(7-8-20(15)21)25-17-5-2-4-16(22)10-17/h2-11,13-14,23,25H,12H2,1H3. The molecule has 4 rings (SSSR count). The van der Waals surface area contributed by atoms with Gasteiger partial charge in [0, 0.05) is 46.8 Å². The van der Waals surface area contributed by atoms with Gasteiger partial charge in [-0.1, -0.05) is 12.1 Å². The number of hydrogen-bond acceptors (Lipinski definition) is 4. The lowest BCUT2D eigenvalue weighted by Crippen LogP contribution is -2.04. The largest absolute Gasteiger partial charge is 0.355 e. The van der Waals surface area contributed by atoms with E-state index in [-0.39, 0.29) is 5.82 Å². The van der Waals surface area contributed by atoms with Crippen LogP contribution in [-0.2, 0) is 6.54 Å². The normalized spacial score (nSPS) is 11.0. The molecule has 6 heteroatoms. The fourth-order valence-electron chi connectivity index (χ4n) is 3.00. The number of pyridine rings is 1. The molecule has 0 fully saturated rings. The molecule has 0 atom stereocenters. The van der Waals surface area contributed by atoms with Gasteiger partial charge in [-0.3, -0.25) is 8.96 Å². The number of halogens is 1. The van der Waals surface area contributed by atoms with E-state index in [0.717, 1.165) is 28.3 Å². The van der Waals surface area contributed by atoms with Crippen molar-refractivity contribution >= 4 is 34.2 Å². The molecule has 2 aromatic heterocycles. The van der Waals surface area contributed by atoms with E-state index in [0.29, 0.717) is 0 Å². The Kier molecular flexibility index (Phi) is 5.09. The Labute approximate surface area is 161 Å². The Bertz CT molecular complexity index is 1060. The third-order valence-corrected chi connectivity index (χ3v) is 5.12. The minimum Gasteiger partial charge on any atom is -0.355 e. The van der Waals surface area contributed by atoms with Crippen LogP contribution in [0.2, 0.25) is 0 Å². The quantitative estimate of drug-likeness (QED) is 0.484. The van der Waals surface area contributed by atoms with E-state index in [1.807, 2.05) is 37.5 Å². The topological polar surface area (TPSA) is 41.9 Å². The summed E-state index contributed by atoms with van der Waals surface area (Å²) in [5.41, 5.74) is 3.95. The van der Waals surface area contributed by atoms with Crippen LogP contribution < -0.4 is 10.6 Å². The van der Waals surface area contributed by atoms with E-state index in [4.69, 9.17) is 0 Å². The Morgan fingerprint density at radius 2 is 1.96 bits per heavy atom. The van der Waals surface area contributed by atoms with Gasteiger partial charge in [0.15, 0.2) is 0 Å². The summed E-state index contributed by atoms with van der Waals surface area (Å²) in [6.07, 6.45) is 5.76. The second-order valence-electron chi connectivity index (χ2n) is 6.16. The number of aromatic nitrogens is 2. The molecule has 2 aromatic carbocycles. The van der Waals surface area contributed by atoms with Crippen LogP contribution in [-0.4, -0.2) is 16.0 Å². The molecule has 0 aliphatic heterocycles. The molecular weight excluding hydrogens is 359 g/mol. The van der Waals surface area contributed by atoms with Crippen LogP contribution in [0.5, 0.6) is 0 Å². The molecule has 27 heavy (non-hydrogen) atoms. The van der Waals surface area contributed by atoms with Crippen molar-refractivity contribution in [1.29, 1.82) is 0 Å². The van der Waals surface area contributed by atoms with Crippen molar-refractivity contribution in [2.75, 3.05) is 12.4 Å². The minimum absolute atomic E-state index is 0.257. The molecule has 4 nitrogen and oxygen atoms in total. The summed E-state index contributed by atoms with van der Waals surface area (Å²) in [6.45, 7) is 0.785. The first-order valence-electron chi connectivity index (χ1n) is 8.62. The van der Waals surface area contributed by atoms with Crippen LogP contribution in [0.15, 0.2) is 78.1 Å². The van der Waals surface area contributed by atoms with E-state index >= 15 is 0 Å². The highest BCUT2D eigenvalue weighted by Crippen LogP contribution is 2.32. The van der Waals surface area contributed by atoms with Gasteiger partial charge in [-0.05, 0) is 67.0 Å². The number of rotatable bonds is 6. The van der Waals surface area contributed by atoms with Crippen LogP contribution in [0.25, 0.3) is 10.9 Å². The highest BCUT2D eigenvalue weighted by Gasteiger charge is 2.11. The third-order valence-electron chi connectivity index (χ3n) is 4.17. The first-order chi connectivity index (χ1) is 13.2. The molecule has 0 amide bonds. The van der Waals surface area contributed by atoms with Gasteiger partial charge in [0.25, 0.3) is 0 Å². The monoisotopic (exact) mass is 378 g/mol. The summed E-state index contributed by atoms with van der Waals surface area (Å²) in [4.78, 5) is 5.26. The van der Waals surface area contributed by atoms with Gasteiger partial charge in [0.05, 0.1) is 5.52 Å². The zero-order valence-electron chi connectivity index (χ0n) is 14.8. The van der Waals surface area contributed by atoms with Crippen molar-refractivity contribution in [1.82, 2.24) is 14.3 Å². The number of fused-ring (bicyclic) bond motifs is 1. The van der Waals surface area contributed by atoms with Gasteiger partial charge < -0.3 is 10.6 Å². The van der Waals surface area contributed by atoms with E-state index in [9.17, 15) is 4.39 Å². The molecule has 2 heterocycles. The van der Waals surface area contributed by atoms with Crippen molar-refractivity contribution in [2.45, 2.75) is 11.4 Å². The SMILES string of the molecule is CNCc1cn(Sc2cccnc2)c2cc(Nc3cccc(F)c3)ccc12. The van der Waals surface area contributed by atoms with E-state index < -0.39 is 0 Å². The van der Waals surface area contributed by atoms with Crippen molar-refractivity contribution in [3.05, 3.63) is 84.6 Å². The van der Waals surface area contributed by atoms with Crippen molar-refractivity contribution < 1.29 is 4.39 Å². The maximum atomic E-state index is 13.5. The second-order valence-corrected chi connectivity index (χ2v) is 7.21. The average Bonchev–Trinajstić information content (AvgIpc) is 3.00. The summed E-state index contributed by atoms with van der Waals surface area (Å²) in [5.74, 6) is -0.257. The van der Waals surface area contributed by atoms with Crippen molar-refractivity contribution in [3.8, 4) is 0 Å². The Balaban J connectivity index is 1.72. The highest BCUT2D eigenvalue weighted by atomic mass is 32.2. The maximum absolute atomic E-state index is 13.5. The number of nitrogens with zero attached hydrogens (tertiary/aromatic N) is 2. The van der Waals surface area contributed by atoms with Crippen LogP contribution >= 0.6 is 11.9 Å². The first kappa shape index (κ1) is 17.6. The fraction of sp³-hybridized carbons (Fsp3) is 0.0952. The number of anilines is 2. The molecule has 0 saturated carbocycles. The molecular formula is C21H19FN4S. The molecule has 0 aliphatic carbocycles. The summed E-state index contributed by atoms with van der Waals surface area (Å²) in [5, 5.41) is 7.69. The van der Waals surface area contributed by atoms with Gasteiger partial charge in [0.2, 0.25) is 0 Å². The predicted octanol–water partition coefficient (Wildman–Crippen LogP) is 5.19. The Hall–Kier alpha value is -2.83. The average molecular weight is 378 g/mol. The molecule has 0 saturated heterocycles. The summed E-state index contributed by atoms with van der Waals surface area (Å²) < 4.78 is 15.6. The minimum atomic E-state index is -0.257. The molecule has 4 aromatic rings. The lowest BCUT2D eigenvalue weighted by atomic mass is 10.1. The van der Waals surface area contributed by atoms with Crippen LogP contribution in [0, 0.1) is 5.82 Å². The van der Waals surface area contributed by atoms with Gasteiger partial charge >= 0.3 is 0 Å².